The van der Waals surface area contributed by atoms with Gasteiger partial charge in [0.1, 0.15) is 11.3 Å². The van der Waals surface area contributed by atoms with Crippen LogP contribution in [0.15, 0.2) is 18.2 Å². The second-order valence-electron chi connectivity index (χ2n) is 5.49. The first-order chi connectivity index (χ1) is 9.65. The van der Waals surface area contributed by atoms with Gasteiger partial charge in [-0.1, -0.05) is 12.1 Å². The Morgan fingerprint density at radius 3 is 3.05 bits per heavy atom. The van der Waals surface area contributed by atoms with E-state index in [0.717, 1.165) is 29.8 Å². The Hall–Kier alpha value is -1.59. The Bertz CT molecular complexity index is 510. The molecule has 0 radical (unpaired) electrons. The molecule has 1 atom stereocenters. The van der Waals surface area contributed by atoms with Gasteiger partial charge in [-0.15, -0.1) is 0 Å². The van der Waals surface area contributed by atoms with Crippen LogP contribution in [-0.2, 0) is 16.0 Å². The van der Waals surface area contributed by atoms with Crippen LogP contribution < -0.4 is 15.4 Å². The fraction of sp³-hybridized carbons (Fsp3) is 0.533. The summed E-state index contributed by atoms with van der Waals surface area (Å²) in [7, 11) is 1.63. The van der Waals surface area contributed by atoms with Crippen LogP contribution in [0.25, 0.3) is 0 Å². The zero-order valence-electron chi connectivity index (χ0n) is 11.7. The highest BCUT2D eigenvalue weighted by atomic mass is 16.5. The summed E-state index contributed by atoms with van der Waals surface area (Å²) in [4.78, 5) is 14.6. The maximum absolute atomic E-state index is 12.8. The van der Waals surface area contributed by atoms with E-state index in [4.69, 9.17) is 15.2 Å². The molecular weight excluding hydrogens is 256 g/mol. The first-order valence-electron chi connectivity index (χ1n) is 7.00. The standard InChI is InChI=1S/C15H20N2O3/c1-19-12-6-2-4-11-5-3-8-17(13(11)12)14(18)15(16)7-9-20-10-15/h2,4,6H,3,5,7-10,16H2,1H3. The lowest BCUT2D eigenvalue weighted by Gasteiger charge is -2.35. The molecule has 1 aromatic carbocycles. The predicted molar refractivity (Wildman–Crippen MR) is 76.0 cm³/mol. The van der Waals surface area contributed by atoms with Gasteiger partial charge in [0, 0.05) is 13.2 Å². The molecule has 1 amide bonds. The van der Waals surface area contributed by atoms with E-state index in [9.17, 15) is 4.79 Å². The number of nitrogens with zero attached hydrogens (tertiary/aromatic N) is 1. The number of methoxy groups -OCH3 is 1. The molecule has 0 aromatic heterocycles. The van der Waals surface area contributed by atoms with Crippen LogP contribution in [0.5, 0.6) is 5.75 Å². The number of ether oxygens (including phenoxy) is 2. The van der Waals surface area contributed by atoms with Gasteiger partial charge in [0.25, 0.3) is 0 Å². The fourth-order valence-electron chi connectivity index (χ4n) is 3.00. The van der Waals surface area contributed by atoms with Crippen molar-refractivity contribution in [1.82, 2.24) is 0 Å². The van der Waals surface area contributed by atoms with Crippen molar-refractivity contribution in [2.75, 3.05) is 31.8 Å². The number of para-hydroxylation sites is 1. The Balaban J connectivity index is 1.99. The fourth-order valence-corrected chi connectivity index (χ4v) is 3.00. The number of anilines is 1. The van der Waals surface area contributed by atoms with E-state index in [-0.39, 0.29) is 5.91 Å². The summed E-state index contributed by atoms with van der Waals surface area (Å²) in [6, 6.07) is 5.90. The van der Waals surface area contributed by atoms with Crippen LogP contribution in [0, 0.1) is 0 Å². The Kier molecular flexibility index (Phi) is 3.40. The van der Waals surface area contributed by atoms with Gasteiger partial charge in [-0.05, 0) is 30.9 Å². The molecule has 1 aromatic rings. The SMILES string of the molecule is COc1cccc2c1N(C(=O)C1(N)CCOC1)CCC2. The van der Waals surface area contributed by atoms with Crippen molar-refractivity contribution in [1.29, 1.82) is 0 Å². The molecule has 2 aliphatic heterocycles. The zero-order valence-corrected chi connectivity index (χ0v) is 11.7. The maximum Gasteiger partial charge on any atom is 0.249 e. The van der Waals surface area contributed by atoms with Gasteiger partial charge in [0.15, 0.2) is 0 Å². The minimum absolute atomic E-state index is 0.0551. The largest absolute Gasteiger partial charge is 0.495 e. The van der Waals surface area contributed by atoms with Crippen LogP contribution in [0.4, 0.5) is 5.69 Å². The Labute approximate surface area is 118 Å². The van der Waals surface area contributed by atoms with E-state index in [1.54, 1.807) is 12.0 Å². The van der Waals surface area contributed by atoms with Crippen molar-refractivity contribution in [3.8, 4) is 5.75 Å². The molecular formula is C15H20N2O3. The monoisotopic (exact) mass is 276 g/mol. The van der Waals surface area contributed by atoms with Crippen molar-refractivity contribution in [3.05, 3.63) is 23.8 Å². The smallest absolute Gasteiger partial charge is 0.249 e. The summed E-state index contributed by atoms with van der Waals surface area (Å²) >= 11 is 0. The van der Waals surface area contributed by atoms with E-state index in [0.29, 0.717) is 26.2 Å². The number of amides is 1. The summed E-state index contributed by atoms with van der Waals surface area (Å²) < 4.78 is 10.7. The number of nitrogens with two attached hydrogens (primary N) is 1. The third-order valence-corrected chi connectivity index (χ3v) is 4.12. The third-order valence-electron chi connectivity index (χ3n) is 4.12. The molecule has 20 heavy (non-hydrogen) atoms. The third kappa shape index (κ3) is 2.07. The number of carbonyl (C=O) groups is 1. The topological polar surface area (TPSA) is 64.8 Å². The lowest BCUT2D eigenvalue weighted by atomic mass is 9.94. The van der Waals surface area contributed by atoms with E-state index in [1.807, 2.05) is 18.2 Å². The lowest BCUT2D eigenvalue weighted by Crippen LogP contribution is -2.57. The second kappa shape index (κ2) is 5.07. The molecule has 2 N–H and O–H groups in total. The normalized spacial score (nSPS) is 25.4. The average molecular weight is 276 g/mol. The molecule has 1 saturated heterocycles. The molecule has 0 aliphatic carbocycles. The van der Waals surface area contributed by atoms with Crippen LogP contribution >= 0.6 is 0 Å². The average Bonchev–Trinajstić information content (AvgIpc) is 2.93. The van der Waals surface area contributed by atoms with Gasteiger partial charge in [0.05, 0.1) is 19.4 Å². The van der Waals surface area contributed by atoms with Crippen molar-refractivity contribution in [3.63, 3.8) is 0 Å². The van der Waals surface area contributed by atoms with E-state index >= 15 is 0 Å². The summed E-state index contributed by atoms with van der Waals surface area (Å²) in [6.07, 6.45) is 2.49. The summed E-state index contributed by atoms with van der Waals surface area (Å²) in [6.45, 7) is 1.53. The molecule has 108 valence electrons. The van der Waals surface area contributed by atoms with Crippen LogP contribution in [0.2, 0.25) is 0 Å². The second-order valence-corrected chi connectivity index (χ2v) is 5.49. The molecule has 5 heteroatoms. The van der Waals surface area contributed by atoms with Crippen LogP contribution in [0.1, 0.15) is 18.4 Å². The van der Waals surface area contributed by atoms with Crippen molar-refractivity contribution in [2.24, 2.45) is 5.73 Å². The number of hydrogen-bond donors (Lipinski definition) is 1. The van der Waals surface area contributed by atoms with Gasteiger partial charge < -0.3 is 20.1 Å². The van der Waals surface area contributed by atoms with E-state index in [2.05, 4.69) is 0 Å². The molecule has 3 rings (SSSR count). The highest BCUT2D eigenvalue weighted by molar-refractivity contribution is 6.02. The number of aryl methyl sites for hydroxylation is 1. The number of carbonyl (C=O) groups excluding carboxylic acids is 1. The Morgan fingerprint density at radius 1 is 1.50 bits per heavy atom. The highest BCUT2D eigenvalue weighted by Crippen LogP contribution is 2.37. The minimum atomic E-state index is -0.893. The maximum atomic E-state index is 12.8. The molecule has 2 aliphatic rings. The summed E-state index contributed by atoms with van der Waals surface area (Å²) in [5, 5.41) is 0. The number of benzene rings is 1. The number of hydrogen-bond acceptors (Lipinski definition) is 4. The molecule has 0 saturated carbocycles. The molecule has 5 nitrogen and oxygen atoms in total. The molecule has 1 fully saturated rings. The first-order valence-corrected chi connectivity index (χ1v) is 7.00. The molecule has 0 bridgehead atoms. The molecule has 2 heterocycles. The van der Waals surface area contributed by atoms with Gasteiger partial charge in [-0.2, -0.15) is 0 Å². The van der Waals surface area contributed by atoms with Gasteiger partial charge in [0.2, 0.25) is 5.91 Å². The first kappa shape index (κ1) is 13.4. The lowest BCUT2D eigenvalue weighted by molar-refractivity contribution is -0.123. The minimum Gasteiger partial charge on any atom is -0.495 e. The predicted octanol–water partition coefficient (Wildman–Crippen LogP) is 1.09. The summed E-state index contributed by atoms with van der Waals surface area (Å²) in [5.41, 5.74) is 7.35. The van der Waals surface area contributed by atoms with Crippen molar-refractivity contribution < 1.29 is 14.3 Å². The molecule has 1 unspecified atom stereocenters. The summed E-state index contributed by atoms with van der Waals surface area (Å²) in [5.74, 6) is 0.679. The van der Waals surface area contributed by atoms with Gasteiger partial charge in [-0.25, -0.2) is 0 Å². The quantitative estimate of drug-likeness (QED) is 0.878. The van der Waals surface area contributed by atoms with Crippen molar-refractivity contribution >= 4 is 11.6 Å². The number of fused-ring (bicyclic) bond motifs is 1. The van der Waals surface area contributed by atoms with E-state index in [1.165, 1.54) is 0 Å². The van der Waals surface area contributed by atoms with Crippen LogP contribution in [-0.4, -0.2) is 38.3 Å². The zero-order chi connectivity index (χ0) is 14.2. The van der Waals surface area contributed by atoms with Gasteiger partial charge in [-0.3, -0.25) is 4.79 Å². The highest BCUT2D eigenvalue weighted by Gasteiger charge is 2.43. The molecule has 0 spiro atoms. The van der Waals surface area contributed by atoms with Crippen LogP contribution in [0.3, 0.4) is 0 Å². The number of rotatable bonds is 2. The van der Waals surface area contributed by atoms with Crippen molar-refractivity contribution in [2.45, 2.75) is 24.8 Å². The van der Waals surface area contributed by atoms with Gasteiger partial charge >= 0.3 is 0 Å². The Morgan fingerprint density at radius 2 is 2.35 bits per heavy atom. The van der Waals surface area contributed by atoms with E-state index < -0.39 is 5.54 Å².